The Bertz CT molecular complexity index is 770. The molecule has 0 spiro atoms. The van der Waals surface area contributed by atoms with Gasteiger partial charge in [0, 0.05) is 31.8 Å². The van der Waals surface area contributed by atoms with Crippen LogP contribution in [0.4, 0.5) is 5.13 Å². The predicted molar refractivity (Wildman–Crippen MR) is 111 cm³/mol. The van der Waals surface area contributed by atoms with Crippen LogP contribution in [0.15, 0.2) is 30.3 Å². The van der Waals surface area contributed by atoms with Gasteiger partial charge in [-0.25, -0.2) is 0 Å². The molecule has 0 atom stereocenters. The highest BCUT2D eigenvalue weighted by atomic mass is 32.1. The average Bonchev–Trinajstić information content (AvgIpc) is 3.18. The Hall–Kier alpha value is -2.28. The monoisotopic (exact) mass is 400 g/mol. The van der Waals surface area contributed by atoms with Crippen LogP contribution in [0.2, 0.25) is 0 Å². The zero-order valence-corrected chi connectivity index (χ0v) is 17.2. The van der Waals surface area contributed by atoms with Gasteiger partial charge in [-0.15, -0.1) is 10.2 Å². The molecule has 0 bridgehead atoms. The Morgan fingerprint density at radius 2 is 1.89 bits per heavy atom. The average molecular weight is 401 g/mol. The molecule has 2 amide bonds. The summed E-state index contributed by atoms with van der Waals surface area (Å²) in [5.74, 6) is 0.100. The number of amides is 2. The maximum absolute atomic E-state index is 12.5. The molecule has 1 N–H and O–H groups in total. The number of carbonyl (C=O) groups excluding carboxylic acids is 2. The van der Waals surface area contributed by atoms with E-state index in [1.54, 1.807) is 0 Å². The first-order chi connectivity index (χ1) is 13.7. The molecule has 1 aliphatic rings. The Kier molecular flexibility index (Phi) is 7.54. The predicted octanol–water partition coefficient (Wildman–Crippen LogP) is 3.69. The van der Waals surface area contributed by atoms with E-state index in [4.69, 9.17) is 0 Å². The molecule has 0 radical (unpaired) electrons. The fraction of sp³-hybridized carbons (Fsp3) is 0.524. The SMILES string of the molecule is CCCCc1nnc(NC(=O)C2CCN(C(=O)CCc3ccccc3)CC2)s1. The number of hydrogen-bond acceptors (Lipinski definition) is 5. The fourth-order valence-corrected chi connectivity index (χ4v) is 4.17. The lowest BCUT2D eigenvalue weighted by Crippen LogP contribution is -2.41. The number of likely N-dealkylation sites (tertiary alicyclic amines) is 1. The first-order valence-electron chi connectivity index (χ1n) is 10.1. The van der Waals surface area contributed by atoms with E-state index in [0.29, 0.717) is 37.5 Å². The first kappa shape index (κ1) is 20.5. The highest BCUT2D eigenvalue weighted by Gasteiger charge is 2.27. The number of rotatable bonds is 8. The van der Waals surface area contributed by atoms with Gasteiger partial charge in [-0.1, -0.05) is 55.0 Å². The smallest absolute Gasteiger partial charge is 0.229 e. The van der Waals surface area contributed by atoms with E-state index in [9.17, 15) is 9.59 Å². The largest absolute Gasteiger partial charge is 0.343 e. The third-order valence-electron chi connectivity index (χ3n) is 5.13. The molecule has 150 valence electrons. The standard InChI is InChI=1S/C21H28N4O2S/c1-2-3-9-18-23-24-21(28-18)22-20(27)17-12-14-25(15-13-17)19(26)11-10-16-7-5-4-6-8-16/h4-8,17H,2-3,9-15H2,1H3,(H,22,24,27). The number of benzene rings is 1. The van der Waals surface area contributed by atoms with Crippen molar-refractivity contribution in [2.75, 3.05) is 18.4 Å². The maximum Gasteiger partial charge on any atom is 0.229 e. The van der Waals surface area contributed by atoms with Gasteiger partial charge in [-0.05, 0) is 31.2 Å². The topological polar surface area (TPSA) is 75.2 Å². The molecule has 7 heteroatoms. The quantitative estimate of drug-likeness (QED) is 0.733. The van der Waals surface area contributed by atoms with Gasteiger partial charge in [0.1, 0.15) is 5.01 Å². The van der Waals surface area contributed by atoms with Gasteiger partial charge in [-0.2, -0.15) is 0 Å². The Morgan fingerprint density at radius 3 is 2.61 bits per heavy atom. The summed E-state index contributed by atoms with van der Waals surface area (Å²) in [5.41, 5.74) is 1.18. The first-order valence-corrected chi connectivity index (χ1v) is 10.9. The van der Waals surface area contributed by atoms with Crippen LogP contribution in [0.5, 0.6) is 0 Å². The molecule has 2 heterocycles. The minimum Gasteiger partial charge on any atom is -0.343 e. The molecule has 1 aromatic heterocycles. The van der Waals surface area contributed by atoms with Gasteiger partial charge in [0.05, 0.1) is 0 Å². The molecule has 0 aliphatic carbocycles. The van der Waals surface area contributed by atoms with Gasteiger partial charge in [0.2, 0.25) is 16.9 Å². The van der Waals surface area contributed by atoms with Gasteiger partial charge < -0.3 is 10.2 Å². The summed E-state index contributed by atoms with van der Waals surface area (Å²) in [6.45, 7) is 3.43. The molecule has 1 aromatic carbocycles. The second-order valence-electron chi connectivity index (χ2n) is 7.23. The second kappa shape index (κ2) is 10.3. The van der Waals surface area contributed by atoms with Crippen molar-refractivity contribution in [3.63, 3.8) is 0 Å². The van der Waals surface area contributed by atoms with Gasteiger partial charge >= 0.3 is 0 Å². The molecule has 2 aromatic rings. The zero-order valence-electron chi connectivity index (χ0n) is 16.4. The number of aryl methyl sites for hydroxylation is 2. The van der Waals surface area contributed by atoms with E-state index < -0.39 is 0 Å². The molecule has 28 heavy (non-hydrogen) atoms. The van der Waals surface area contributed by atoms with Crippen LogP contribution in [0.1, 0.15) is 49.6 Å². The Labute approximate surface area is 170 Å². The van der Waals surface area contributed by atoms with E-state index in [1.165, 1.54) is 16.9 Å². The van der Waals surface area contributed by atoms with Crippen molar-refractivity contribution in [2.45, 2.75) is 51.9 Å². The fourth-order valence-electron chi connectivity index (χ4n) is 3.39. The summed E-state index contributed by atoms with van der Waals surface area (Å²) in [6, 6.07) is 10.1. The lowest BCUT2D eigenvalue weighted by atomic mass is 9.95. The van der Waals surface area contributed by atoms with Crippen molar-refractivity contribution in [2.24, 2.45) is 5.92 Å². The van der Waals surface area contributed by atoms with Crippen molar-refractivity contribution in [1.82, 2.24) is 15.1 Å². The van der Waals surface area contributed by atoms with Crippen LogP contribution in [0.3, 0.4) is 0 Å². The van der Waals surface area contributed by atoms with E-state index in [1.807, 2.05) is 35.2 Å². The summed E-state index contributed by atoms with van der Waals surface area (Å²) in [4.78, 5) is 26.8. The summed E-state index contributed by atoms with van der Waals surface area (Å²) in [5, 5.41) is 12.7. The number of nitrogens with zero attached hydrogens (tertiary/aromatic N) is 3. The molecule has 1 fully saturated rings. The third kappa shape index (κ3) is 5.86. The second-order valence-corrected chi connectivity index (χ2v) is 8.30. The number of aromatic nitrogens is 2. The highest BCUT2D eigenvalue weighted by Crippen LogP contribution is 2.22. The third-order valence-corrected chi connectivity index (χ3v) is 6.03. The maximum atomic E-state index is 12.5. The van der Waals surface area contributed by atoms with Crippen LogP contribution >= 0.6 is 11.3 Å². The normalized spacial score (nSPS) is 14.8. The van der Waals surface area contributed by atoms with Crippen LogP contribution in [-0.4, -0.2) is 40.0 Å². The van der Waals surface area contributed by atoms with Crippen LogP contribution < -0.4 is 5.32 Å². The molecule has 0 unspecified atom stereocenters. The van der Waals surface area contributed by atoms with Crippen LogP contribution in [0.25, 0.3) is 0 Å². The summed E-state index contributed by atoms with van der Waals surface area (Å²) < 4.78 is 0. The van der Waals surface area contributed by atoms with E-state index in [-0.39, 0.29) is 17.7 Å². The number of unbranched alkanes of at least 4 members (excludes halogenated alkanes) is 1. The number of hydrogen-bond donors (Lipinski definition) is 1. The number of nitrogens with one attached hydrogen (secondary N) is 1. The lowest BCUT2D eigenvalue weighted by Gasteiger charge is -2.31. The molecule has 3 rings (SSSR count). The van der Waals surface area contributed by atoms with E-state index in [0.717, 1.165) is 30.7 Å². The summed E-state index contributed by atoms with van der Waals surface area (Å²) >= 11 is 1.46. The summed E-state index contributed by atoms with van der Waals surface area (Å²) in [7, 11) is 0. The van der Waals surface area contributed by atoms with Crippen molar-refractivity contribution >= 4 is 28.3 Å². The Morgan fingerprint density at radius 1 is 1.14 bits per heavy atom. The number of carbonyl (C=O) groups is 2. The molecule has 1 aliphatic heterocycles. The van der Waals surface area contributed by atoms with Gasteiger partial charge in [-0.3, -0.25) is 9.59 Å². The zero-order chi connectivity index (χ0) is 19.8. The molecule has 0 saturated carbocycles. The van der Waals surface area contributed by atoms with E-state index in [2.05, 4.69) is 22.4 Å². The lowest BCUT2D eigenvalue weighted by molar-refractivity contribution is -0.134. The van der Waals surface area contributed by atoms with Crippen LogP contribution in [0, 0.1) is 5.92 Å². The molecule has 6 nitrogen and oxygen atoms in total. The van der Waals surface area contributed by atoms with Crippen molar-refractivity contribution in [3.8, 4) is 0 Å². The van der Waals surface area contributed by atoms with E-state index >= 15 is 0 Å². The number of piperidine rings is 1. The van der Waals surface area contributed by atoms with Crippen molar-refractivity contribution in [1.29, 1.82) is 0 Å². The molecular weight excluding hydrogens is 372 g/mol. The molecular formula is C21H28N4O2S. The Balaban J connectivity index is 1.41. The van der Waals surface area contributed by atoms with Crippen LogP contribution in [-0.2, 0) is 22.4 Å². The summed E-state index contributed by atoms with van der Waals surface area (Å²) in [6.07, 6.45) is 5.79. The highest BCUT2D eigenvalue weighted by molar-refractivity contribution is 7.15. The van der Waals surface area contributed by atoms with Gasteiger partial charge in [0.15, 0.2) is 0 Å². The van der Waals surface area contributed by atoms with Crippen molar-refractivity contribution < 1.29 is 9.59 Å². The van der Waals surface area contributed by atoms with Gasteiger partial charge in [0.25, 0.3) is 0 Å². The minimum atomic E-state index is -0.0684. The number of anilines is 1. The minimum absolute atomic E-state index is 0.00502. The molecule has 1 saturated heterocycles. The van der Waals surface area contributed by atoms with Crippen molar-refractivity contribution in [3.05, 3.63) is 40.9 Å².